The van der Waals surface area contributed by atoms with Crippen molar-refractivity contribution in [1.29, 1.82) is 0 Å². The first-order valence-corrected chi connectivity index (χ1v) is 16.8. The summed E-state index contributed by atoms with van der Waals surface area (Å²) in [4.78, 5) is 0. The largest absolute Gasteiger partial charge is 0.162 e. The first-order valence-electron chi connectivity index (χ1n) is 10.3. The summed E-state index contributed by atoms with van der Waals surface area (Å²) >= 11 is 5.98. The Hall–Kier alpha value is -1.54. The molecule has 2 rings (SSSR count). The molecule has 0 saturated carbocycles. The Kier molecular flexibility index (Phi) is 8.37. The lowest BCUT2D eigenvalue weighted by atomic mass is 10.2. The molecule has 0 aromatic heterocycles. The van der Waals surface area contributed by atoms with Crippen LogP contribution in [0.25, 0.3) is 6.08 Å². The Balaban J connectivity index is 2.10. The maximum Gasteiger partial charge on any atom is 0.162 e. The van der Waals surface area contributed by atoms with Crippen LogP contribution in [0.15, 0.2) is 54.2 Å². The lowest BCUT2D eigenvalue weighted by Gasteiger charge is -2.21. The molecule has 2 aromatic rings. The maximum absolute atomic E-state index is 5.98. The molecule has 0 spiro atoms. The van der Waals surface area contributed by atoms with Crippen molar-refractivity contribution >= 4 is 44.2 Å². The molecule has 0 aliphatic heterocycles. The molecule has 148 valence electrons. The van der Waals surface area contributed by atoms with Crippen molar-refractivity contribution < 1.29 is 0 Å². The summed E-state index contributed by atoms with van der Waals surface area (Å²) in [5.74, 6) is 3.45. The zero-order valence-electron chi connectivity index (χ0n) is 18.0. The van der Waals surface area contributed by atoms with Crippen molar-refractivity contribution in [3.8, 4) is 11.5 Å². The first kappa shape index (κ1) is 22.7. The van der Waals surface area contributed by atoms with Gasteiger partial charge in [0.1, 0.15) is 8.07 Å². The first-order chi connectivity index (χ1) is 13.2. The van der Waals surface area contributed by atoms with Gasteiger partial charge in [-0.05, 0) is 29.3 Å². The highest BCUT2D eigenvalue weighted by Gasteiger charge is 2.24. The molecule has 0 bridgehead atoms. The molecule has 2 aromatic carbocycles. The number of hydrogen-bond acceptors (Lipinski definition) is 0. The SMILES string of the molecule is CCCCCC#C[Si](C)(C)c1ccc([Si](C)(C)/C=C/c2ccc(Cl)cc2)cc1. The van der Waals surface area contributed by atoms with Crippen molar-refractivity contribution in [3.63, 3.8) is 0 Å². The van der Waals surface area contributed by atoms with Crippen LogP contribution >= 0.6 is 11.6 Å². The van der Waals surface area contributed by atoms with Crippen molar-refractivity contribution in [1.82, 2.24) is 0 Å². The molecule has 0 aliphatic rings. The molecule has 0 radical (unpaired) electrons. The van der Waals surface area contributed by atoms with E-state index in [1.165, 1.54) is 35.2 Å². The van der Waals surface area contributed by atoms with Crippen LogP contribution in [0.5, 0.6) is 0 Å². The number of unbranched alkanes of at least 4 members (excludes halogenated alkanes) is 3. The minimum absolute atomic E-state index is 0.782. The van der Waals surface area contributed by atoms with Crippen LogP contribution in [0.4, 0.5) is 0 Å². The van der Waals surface area contributed by atoms with Gasteiger partial charge in [0, 0.05) is 11.4 Å². The molecule has 3 heteroatoms. The van der Waals surface area contributed by atoms with E-state index in [2.05, 4.69) is 92.7 Å². The molecule has 0 heterocycles. The van der Waals surface area contributed by atoms with Gasteiger partial charge in [-0.15, -0.1) is 11.5 Å². The summed E-state index contributed by atoms with van der Waals surface area (Å²) in [7, 11) is -3.31. The van der Waals surface area contributed by atoms with Crippen LogP contribution in [0.3, 0.4) is 0 Å². The Labute approximate surface area is 179 Å². The smallest absolute Gasteiger partial charge is 0.126 e. The lowest BCUT2D eigenvalue weighted by molar-refractivity contribution is 0.737. The molecule has 0 nitrogen and oxygen atoms in total. The van der Waals surface area contributed by atoms with Crippen LogP contribution in [0, 0.1) is 11.5 Å². The monoisotopic (exact) mass is 424 g/mol. The molecule has 28 heavy (non-hydrogen) atoms. The summed E-state index contributed by atoms with van der Waals surface area (Å²) in [6, 6.07) is 17.4. The lowest BCUT2D eigenvalue weighted by Crippen LogP contribution is -2.44. The molecule has 0 atom stereocenters. The highest BCUT2D eigenvalue weighted by atomic mass is 35.5. The normalized spacial score (nSPS) is 12.1. The van der Waals surface area contributed by atoms with E-state index in [0.717, 1.165) is 11.4 Å². The number of halogens is 1. The fourth-order valence-corrected chi connectivity index (χ4v) is 6.77. The van der Waals surface area contributed by atoms with E-state index in [0.29, 0.717) is 0 Å². The third-order valence-electron chi connectivity index (χ3n) is 5.22. The summed E-state index contributed by atoms with van der Waals surface area (Å²) in [6.45, 7) is 11.7. The molecule has 0 fully saturated rings. The Morgan fingerprint density at radius 3 is 2.07 bits per heavy atom. The highest BCUT2D eigenvalue weighted by Crippen LogP contribution is 2.13. The zero-order chi connectivity index (χ0) is 20.6. The van der Waals surface area contributed by atoms with E-state index in [1.807, 2.05) is 12.1 Å². The van der Waals surface area contributed by atoms with Gasteiger partial charge in [0.25, 0.3) is 0 Å². The van der Waals surface area contributed by atoms with Gasteiger partial charge in [0.15, 0.2) is 8.07 Å². The summed E-state index contributed by atoms with van der Waals surface area (Å²) in [5, 5.41) is 3.68. The third kappa shape index (κ3) is 6.81. The average Bonchev–Trinajstić information content (AvgIpc) is 2.67. The van der Waals surface area contributed by atoms with E-state index in [4.69, 9.17) is 11.6 Å². The Morgan fingerprint density at radius 2 is 1.46 bits per heavy atom. The minimum Gasteiger partial charge on any atom is -0.126 e. The zero-order valence-corrected chi connectivity index (χ0v) is 20.7. The van der Waals surface area contributed by atoms with E-state index in [-0.39, 0.29) is 0 Å². The molecular weight excluding hydrogens is 392 g/mol. The minimum atomic E-state index is -1.67. The maximum atomic E-state index is 5.98. The topological polar surface area (TPSA) is 0 Å². The second-order valence-electron chi connectivity index (χ2n) is 8.57. The van der Waals surface area contributed by atoms with Gasteiger partial charge in [0.2, 0.25) is 0 Å². The van der Waals surface area contributed by atoms with E-state index < -0.39 is 16.1 Å². The fraction of sp³-hybridized carbons (Fsp3) is 0.360. The van der Waals surface area contributed by atoms with E-state index >= 15 is 0 Å². The number of hydrogen-bond donors (Lipinski definition) is 0. The van der Waals surface area contributed by atoms with Crippen LogP contribution in [0.2, 0.25) is 31.2 Å². The van der Waals surface area contributed by atoms with Gasteiger partial charge in [-0.2, -0.15) is 0 Å². The van der Waals surface area contributed by atoms with Gasteiger partial charge < -0.3 is 0 Å². The van der Waals surface area contributed by atoms with Crippen LogP contribution in [-0.2, 0) is 0 Å². The van der Waals surface area contributed by atoms with E-state index in [1.54, 1.807) is 0 Å². The summed E-state index contributed by atoms with van der Waals surface area (Å²) < 4.78 is 0. The summed E-state index contributed by atoms with van der Waals surface area (Å²) in [5.41, 5.74) is 7.23. The number of benzene rings is 2. The van der Waals surface area contributed by atoms with Crippen LogP contribution < -0.4 is 10.4 Å². The van der Waals surface area contributed by atoms with Gasteiger partial charge in [-0.25, -0.2) is 0 Å². The average molecular weight is 425 g/mol. The molecular formula is C25H33ClSi2. The number of rotatable bonds is 7. The van der Waals surface area contributed by atoms with Crippen molar-refractivity contribution in [3.05, 3.63) is 64.8 Å². The van der Waals surface area contributed by atoms with Gasteiger partial charge in [-0.3, -0.25) is 0 Å². The van der Waals surface area contributed by atoms with Gasteiger partial charge in [-0.1, -0.05) is 111 Å². The fourth-order valence-electron chi connectivity index (χ4n) is 3.11. The predicted molar refractivity (Wildman–Crippen MR) is 133 cm³/mol. The predicted octanol–water partition coefficient (Wildman–Crippen LogP) is 6.55. The Bertz CT molecular complexity index is 835. The van der Waals surface area contributed by atoms with Gasteiger partial charge in [0.05, 0.1) is 0 Å². The molecule has 0 amide bonds. The third-order valence-corrected chi connectivity index (χ3v) is 10.9. The molecule has 0 N–H and O–H groups in total. The second-order valence-corrected chi connectivity index (χ2v) is 17.4. The van der Waals surface area contributed by atoms with Crippen molar-refractivity contribution in [2.45, 2.75) is 58.8 Å². The second kappa shape index (κ2) is 10.3. The molecule has 0 saturated heterocycles. The van der Waals surface area contributed by atoms with Gasteiger partial charge >= 0.3 is 0 Å². The van der Waals surface area contributed by atoms with Crippen LogP contribution in [-0.4, -0.2) is 16.1 Å². The van der Waals surface area contributed by atoms with Crippen LogP contribution in [0.1, 0.15) is 38.2 Å². The molecule has 0 aliphatic carbocycles. The molecule has 0 unspecified atom stereocenters. The quantitative estimate of drug-likeness (QED) is 0.268. The highest BCUT2D eigenvalue weighted by molar-refractivity contribution is 6.97. The van der Waals surface area contributed by atoms with Crippen molar-refractivity contribution in [2.75, 3.05) is 0 Å². The summed E-state index contributed by atoms with van der Waals surface area (Å²) in [6.07, 6.45) is 7.05. The van der Waals surface area contributed by atoms with Crippen molar-refractivity contribution in [2.24, 2.45) is 0 Å². The van der Waals surface area contributed by atoms with E-state index in [9.17, 15) is 0 Å². The Morgan fingerprint density at radius 1 is 0.857 bits per heavy atom. The standard InChI is InChI=1S/C25H33ClSi2/c1-6-7-8-9-10-20-27(2,3)24-15-17-25(18-16-24)28(4,5)21-19-22-11-13-23(26)14-12-22/h11-19,21H,6-9H2,1-5H3/b21-19+.